The highest BCUT2D eigenvalue weighted by Crippen LogP contribution is 2.16. The molecule has 2 amide bonds. The maximum Gasteiger partial charge on any atom is 0.270 e. The zero-order valence-corrected chi connectivity index (χ0v) is 18.3. The lowest BCUT2D eigenvalue weighted by Crippen LogP contribution is -2.32. The van der Waals surface area contributed by atoms with Crippen LogP contribution in [0, 0.1) is 0 Å². The number of carbonyl (C=O) groups excluding carboxylic acids is 2. The van der Waals surface area contributed by atoms with Crippen molar-refractivity contribution in [3.63, 3.8) is 0 Å². The highest BCUT2D eigenvalue weighted by molar-refractivity contribution is 7.09. The molecule has 0 bridgehead atoms. The predicted molar refractivity (Wildman–Crippen MR) is 120 cm³/mol. The first-order valence-corrected chi connectivity index (χ1v) is 11.2. The minimum absolute atomic E-state index is 0.0364. The number of thiazole rings is 1. The van der Waals surface area contributed by atoms with Gasteiger partial charge in [0.1, 0.15) is 10.7 Å². The van der Waals surface area contributed by atoms with Gasteiger partial charge in [-0.15, -0.1) is 11.3 Å². The molecule has 0 radical (unpaired) electrons. The Balaban J connectivity index is 1.70. The minimum atomic E-state index is -0.130. The van der Waals surface area contributed by atoms with Crippen LogP contribution in [0.5, 0.6) is 0 Å². The quantitative estimate of drug-likeness (QED) is 0.531. The summed E-state index contributed by atoms with van der Waals surface area (Å²) in [6, 6.07) is 13.4. The first-order chi connectivity index (χ1) is 14.6. The fourth-order valence-corrected chi connectivity index (χ4v) is 3.96. The van der Waals surface area contributed by atoms with Crippen LogP contribution in [-0.2, 0) is 13.1 Å². The fraction of sp³-hybridized carbons (Fsp3) is 0.348. The van der Waals surface area contributed by atoms with Crippen LogP contribution in [0.3, 0.4) is 0 Å². The average molecular weight is 425 g/mol. The van der Waals surface area contributed by atoms with Crippen LogP contribution in [-0.4, -0.2) is 39.4 Å². The Bertz CT molecular complexity index is 965. The van der Waals surface area contributed by atoms with Crippen LogP contribution in [0.1, 0.15) is 58.2 Å². The van der Waals surface area contributed by atoms with Gasteiger partial charge in [-0.3, -0.25) is 9.59 Å². The van der Waals surface area contributed by atoms with Crippen molar-refractivity contribution in [2.24, 2.45) is 0 Å². The third-order valence-electron chi connectivity index (χ3n) is 4.70. The molecule has 2 heterocycles. The van der Waals surface area contributed by atoms with Crippen LogP contribution < -0.4 is 5.32 Å². The van der Waals surface area contributed by atoms with Crippen molar-refractivity contribution in [3.8, 4) is 0 Å². The van der Waals surface area contributed by atoms with Gasteiger partial charge >= 0.3 is 0 Å². The lowest BCUT2D eigenvalue weighted by molar-refractivity contribution is 0.0739. The standard InChI is InChI=1S/C23H28N4O2S/c1-3-12-24-22(28)20-17-30-21(25-20)16-26-14-8-11-19(26)15-27(13-4-2)23(29)18-9-6-5-7-10-18/h5-11,14,17H,3-4,12-13,15-16H2,1-2H3,(H,24,28). The molecule has 0 aliphatic carbocycles. The monoisotopic (exact) mass is 424 g/mol. The molecule has 30 heavy (non-hydrogen) atoms. The highest BCUT2D eigenvalue weighted by Gasteiger charge is 2.17. The number of amides is 2. The van der Waals surface area contributed by atoms with E-state index < -0.39 is 0 Å². The first-order valence-electron chi connectivity index (χ1n) is 10.3. The van der Waals surface area contributed by atoms with E-state index >= 15 is 0 Å². The Kier molecular flexibility index (Phi) is 7.79. The van der Waals surface area contributed by atoms with E-state index in [4.69, 9.17) is 0 Å². The number of aromatic nitrogens is 2. The van der Waals surface area contributed by atoms with Gasteiger partial charge < -0.3 is 14.8 Å². The summed E-state index contributed by atoms with van der Waals surface area (Å²) >= 11 is 1.48. The van der Waals surface area contributed by atoms with Gasteiger partial charge in [0, 0.05) is 35.9 Å². The van der Waals surface area contributed by atoms with E-state index in [2.05, 4.69) is 21.8 Å². The van der Waals surface area contributed by atoms with E-state index in [1.165, 1.54) is 11.3 Å². The molecule has 7 heteroatoms. The number of nitrogens with one attached hydrogen (secondary N) is 1. The van der Waals surface area contributed by atoms with Crippen molar-refractivity contribution < 1.29 is 9.59 Å². The molecule has 0 atom stereocenters. The van der Waals surface area contributed by atoms with Gasteiger partial charge in [-0.2, -0.15) is 0 Å². The topological polar surface area (TPSA) is 67.2 Å². The zero-order valence-electron chi connectivity index (χ0n) is 17.5. The summed E-state index contributed by atoms with van der Waals surface area (Å²) in [5, 5.41) is 5.52. The van der Waals surface area contributed by atoms with E-state index in [1.807, 2.05) is 60.5 Å². The van der Waals surface area contributed by atoms with Crippen LogP contribution >= 0.6 is 11.3 Å². The minimum Gasteiger partial charge on any atom is -0.351 e. The van der Waals surface area contributed by atoms with Crippen LogP contribution in [0.2, 0.25) is 0 Å². The van der Waals surface area contributed by atoms with Gasteiger partial charge in [0.05, 0.1) is 13.1 Å². The molecule has 158 valence electrons. The maximum absolute atomic E-state index is 13.0. The van der Waals surface area contributed by atoms with Crippen molar-refractivity contribution in [1.82, 2.24) is 19.8 Å². The van der Waals surface area contributed by atoms with Gasteiger partial charge in [0.2, 0.25) is 0 Å². The number of benzene rings is 1. The van der Waals surface area contributed by atoms with Gasteiger partial charge in [0.15, 0.2) is 0 Å². The summed E-state index contributed by atoms with van der Waals surface area (Å²) in [7, 11) is 0. The van der Waals surface area contributed by atoms with Crippen LogP contribution in [0.4, 0.5) is 0 Å². The molecule has 6 nitrogen and oxygen atoms in total. The predicted octanol–water partition coefficient (Wildman–Crippen LogP) is 4.19. The molecule has 3 rings (SSSR count). The highest BCUT2D eigenvalue weighted by atomic mass is 32.1. The van der Waals surface area contributed by atoms with Crippen LogP contribution in [0.25, 0.3) is 0 Å². The normalized spacial score (nSPS) is 10.7. The molecule has 3 aromatic rings. The third kappa shape index (κ3) is 5.57. The van der Waals surface area contributed by atoms with Crippen molar-refractivity contribution >= 4 is 23.2 Å². The molecular weight excluding hydrogens is 396 g/mol. The van der Waals surface area contributed by atoms with Gasteiger partial charge in [-0.25, -0.2) is 4.98 Å². The molecule has 0 saturated carbocycles. The van der Waals surface area contributed by atoms with E-state index in [1.54, 1.807) is 5.38 Å². The molecular formula is C23H28N4O2S. The summed E-state index contributed by atoms with van der Waals surface area (Å²) in [5.74, 6) is -0.0935. The molecule has 2 aromatic heterocycles. The summed E-state index contributed by atoms with van der Waals surface area (Å²) < 4.78 is 2.09. The number of rotatable bonds is 10. The lowest BCUT2D eigenvalue weighted by atomic mass is 10.2. The van der Waals surface area contributed by atoms with E-state index in [-0.39, 0.29) is 11.8 Å². The summed E-state index contributed by atoms with van der Waals surface area (Å²) in [4.78, 5) is 31.4. The molecule has 0 spiro atoms. The average Bonchev–Trinajstić information content (AvgIpc) is 3.42. The third-order valence-corrected chi connectivity index (χ3v) is 5.54. The van der Waals surface area contributed by atoms with Crippen molar-refractivity contribution in [3.05, 3.63) is 76.0 Å². The number of carbonyl (C=O) groups is 2. The maximum atomic E-state index is 13.0. The molecule has 0 fully saturated rings. The number of hydrogen-bond acceptors (Lipinski definition) is 4. The Morgan fingerprint density at radius 1 is 1.10 bits per heavy atom. The van der Waals surface area contributed by atoms with Crippen molar-refractivity contribution in [1.29, 1.82) is 0 Å². The Hall–Kier alpha value is -2.93. The molecule has 0 unspecified atom stereocenters. The molecule has 0 aliphatic heterocycles. The fourth-order valence-electron chi connectivity index (χ4n) is 3.19. The second kappa shape index (κ2) is 10.7. The summed E-state index contributed by atoms with van der Waals surface area (Å²) in [6.45, 7) is 6.54. The van der Waals surface area contributed by atoms with Crippen LogP contribution in [0.15, 0.2) is 54.0 Å². The first kappa shape index (κ1) is 21.8. The second-order valence-corrected chi connectivity index (χ2v) is 8.05. The Morgan fingerprint density at radius 2 is 1.90 bits per heavy atom. The zero-order chi connectivity index (χ0) is 21.3. The van der Waals surface area contributed by atoms with Gasteiger partial charge in [0.25, 0.3) is 11.8 Å². The molecule has 0 saturated heterocycles. The summed E-state index contributed by atoms with van der Waals surface area (Å²) in [5.41, 5.74) is 2.20. The number of nitrogens with zero attached hydrogens (tertiary/aromatic N) is 3. The van der Waals surface area contributed by atoms with E-state index in [0.717, 1.165) is 23.5 Å². The van der Waals surface area contributed by atoms with E-state index in [0.29, 0.717) is 37.4 Å². The molecule has 1 aromatic carbocycles. The smallest absolute Gasteiger partial charge is 0.270 e. The Labute approximate surface area is 181 Å². The molecule has 0 aliphatic rings. The van der Waals surface area contributed by atoms with E-state index in [9.17, 15) is 9.59 Å². The second-order valence-electron chi connectivity index (χ2n) is 7.10. The van der Waals surface area contributed by atoms with Gasteiger partial charge in [-0.05, 0) is 37.1 Å². The SMILES string of the molecule is CCCNC(=O)c1csc(Cn2cccc2CN(CCC)C(=O)c2ccccc2)n1. The largest absolute Gasteiger partial charge is 0.351 e. The van der Waals surface area contributed by atoms with Crippen molar-refractivity contribution in [2.75, 3.05) is 13.1 Å². The molecule has 1 N–H and O–H groups in total. The summed E-state index contributed by atoms with van der Waals surface area (Å²) in [6.07, 6.45) is 3.78. The van der Waals surface area contributed by atoms with Crippen molar-refractivity contribution in [2.45, 2.75) is 39.8 Å². The number of hydrogen-bond donors (Lipinski definition) is 1. The lowest BCUT2D eigenvalue weighted by Gasteiger charge is -2.23. The Morgan fingerprint density at radius 3 is 2.63 bits per heavy atom. The van der Waals surface area contributed by atoms with Gasteiger partial charge in [-0.1, -0.05) is 32.0 Å².